The van der Waals surface area contributed by atoms with Gasteiger partial charge in [-0.15, -0.1) is 0 Å². The number of anilines is 1. The number of carbonyl (C=O) groups excluding carboxylic acids is 2. The summed E-state index contributed by atoms with van der Waals surface area (Å²) in [5, 5.41) is 12.7. The van der Waals surface area contributed by atoms with Crippen molar-refractivity contribution >= 4 is 17.5 Å². The first kappa shape index (κ1) is 18.5. The lowest BCUT2D eigenvalue weighted by Gasteiger charge is -2.20. The van der Waals surface area contributed by atoms with Gasteiger partial charge in [0.2, 0.25) is 11.8 Å². The molecule has 5 heteroatoms. The lowest BCUT2D eigenvalue weighted by Crippen LogP contribution is -2.41. The van der Waals surface area contributed by atoms with E-state index in [1.807, 2.05) is 45.9 Å². The van der Waals surface area contributed by atoms with E-state index >= 15 is 0 Å². The molecule has 0 spiro atoms. The standard InChI is InChI=1S/C19H28N2O3/c1-5-12(2)17(22)11-20-18(23)16-8-9-21(19(16)24)15-7-6-13(3)14(4)10-15/h6-7,10,12,16-17,22H,5,8-9,11H2,1-4H3,(H,20,23). The summed E-state index contributed by atoms with van der Waals surface area (Å²) in [5.74, 6) is -0.977. The van der Waals surface area contributed by atoms with Crippen LogP contribution in [-0.4, -0.2) is 36.1 Å². The predicted molar refractivity (Wildman–Crippen MR) is 94.8 cm³/mol. The summed E-state index contributed by atoms with van der Waals surface area (Å²) in [7, 11) is 0. The molecule has 1 heterocycles. The second-order valence-electron chi connectivity index (χ2n) is 6.80. The summed E-state index contributed by atoms with van der Waals surface area (Å²) >= 11 is 0. The molecule has 1 aliphatic heterocycles. The van der Waals surface area contributed by atoms with Gasteiger partial charge < -0.3 is 15.3 Å². The molecule has 1 aromatic carbocycles. The average Bonchev–Trinajstić information content (AvgIpc) is 2.95. The van der Waals surface area contributed by atoms with E-state index < -0.39 is 12.0 Å². The average molecular weight is 332 g/mol. The first-order valence-electron chi connectivity index (χ1n) is 8.69. The van der Waals surface area contributed by atoms with Crippen LogP contribution in [0.3, 0.4) is 0 Å². The monoisotopic (exact) mass is 332 g/mol. The lowest BCUT2D eigenvalue weighted by molar-refractivity contribution is -0.132. The number of nitrogens with one attached hydrogen (secondary N) is 1. The van der Waals surface area contributed by atoms with Gasteiger partial charge in [-0.25, -0.2) is 0 Å². The number of benzene rings is 1. The molecular formula is C19H28N2O3. The molecule has 5 nitrogen and oxygen atoms in total. The molecule has 0 radical (unpaired) electrons. The zero-order valence-corrected chi connectivity index (χ0v) is 15.0. The van der Waals surface area contributed by atoms with E-state index in [4.69, 9.17) is 0 Å². The number of hydrogen-bond acceptors (Lipinski definition) is 3. The van der Waals surface area contributed by atoms with Crippen LogP contribution in [0.15, 0.2) is 18.2 Å². The summed E-state index contributed by atoms with van der Waals surface area (Å²) in [6.07, 6.45) is 0.781. The third kappa shape index (κ3) is 3.96. The Hall–Kier alpha value is -1.88. The van der Waals surface area contributed by atoms with E-state index in [0.717, 1.165) is 17.7 Å². The van der Waals surface area contributed by atoms with Crippen LogP contribution in [0.5, 0.6) is 0 Å². The SMILES string of the molecule is CCC(C)C(O)CNC(=O)C1CCN(c2ccc(C)c(C)c2)C1=O. The second kappa shape index (κ2) is 7.79. The van der Waals surface area contributed by atoms with Gasteiger partial charge in [-0.05, 0) is 49.4 Å². The van der Waals surface area contributed by atoms with Crippen molar-refractivity contribution in [1.82, 2.24) is 5.32 Å². The zero-order valence-electron chi connectivity index (χ0n) is 15.0. The maximum Gasteiger partial charge on any atom is 0.239 e. The van der Waals surface area contributed by atoms with E-state index in [1.54, 1.807) is 4.90 Å². The van der Waals surface area contributed by atoms with Crippen LogP contribution in [0.1, 0.15) is 37.8 Å². The van der Waals surface area contributed by atoms with Crippen molar-refractivity contribution in [3.8, 4) is 0 Å². The van der Waals surface area contributed by atoms with E-state index in [2.05, 4.69) is 5.32 Å². The molecular weight excluding hydrogens is 304 g/mol. The van der Waals surface area contributed by atoms with E-state index in [-0.39, 0.29) is 24.3 Å². The Morgan fingerprint density at radius 3 is 2.71 bits per heavy atom. The van der Waals surface area contributed by atoms with Crippen LogP contribution >= 0.6 is 0 Å². The maximum absolute atomic E-state index is 12.6. The van der Waals surface area contributed by atoms with E-state index in [1.165, 1.54) is 5.56 Å². The first-order valence-corrected chi connectivity index (χ1v) is 8.69. The third-order valence-electron chi connectivity index (χ3n) is 5.11. The minimum atomic E-state index is -0.657. The normalized spacial score (nSPS) is 20.1. The predicted octanol–water partition coefficient (Wildman–Crippen LogP) is 2.18. The minimum absolute atomic E-state index is 0.122. The molecule has 2 rings (SSSR count). The minimum Gasteiger partial charge on any atom is -0.391 e. The Labute approximate surface area is 144 Å². The molecule has 132 valence electrons. The van der Waals surface area contributed by atoms with Crippen LogP contribution in [0.4, 0.5) is 5.69 Å². The highest BCUT2D eigenvalue weighted by Crippen LogP contribution is 2.27. The number of carbonyl (C=O) groups is 2. The molecule has 2 amide bonds. The Kier molecular flexibility index (Phi) is 5.99. The molecule has 2 N–H and O–H groups in total. The third-order valence-corrected chi connectivity index (χ3v) is 5.11. The van der Waals surface area contributed by atoms with Crippen molar-refractivity contribution in [3.63, 3.8) is 0 Å². The molecule has 1 saturated heterocycles. The smallest absolute Gasteiger partial charge is 0.239 e. The van der Waals surface area contributed by atoms with Gasteiger partial charge in [0.05, 0.1) is 6.10 Å². The van der Waals surface area contributed by atoms with Crippen molar-refractivity contribution in [2.24, 2.45) is 11.8 Å². The molecule has 0 bridgehead atoms. The molecule has 3 atom stereocenters. The number of nitrogens with zero attached hydrogens (tertiary/aromatic N) is 1. The second-order valence-corrected chi connectivity index (χ2v) is 6.80. The number of rotatable bonds is 6. The molecule has 1 aliphatic rings. The molecule has 1 fully saturated rings. The first-order chi connectivity index (χ1) is 11.3. The van der Waals surface area contributed by atoms with Crippen molar-refractivity contribution in [2.45, 2.75) is 46.6 Å². The number of aliphatic hydroxyl groups is 1. The van der Waals surface area contributed by atoms with Crippen molar-refractivity contribution in [1.29, 1.82) is 0 Å². The van der Waals surface area contributed by atoms with Gasteiger partial charge in [-0.1, -0.05) is 26.3 Å². The summed E-state index contributed by atoms with van der Waals surface area (Å²) in [4.78, 5) is 26.6. The van der Waals surface area contributed by atoms with Crippen LogP contribution in [0, 0.1) is 25.7 Å². The van der Waals surface area contributed by atoms with Crippen molar-refractivity contribution in [2.75, 3.05) is 18.0 Å². The number of amides is 2. The van der Waals surface area contributed by atoms with Crippen molar-refractivity contribution < 1.29 is 14.7 Å². The molecule has 24 heavy (non-hydrogen) atoms. The molecule has 0 aliphatic carbocycles. The van der Waals surface area contributed by atoms with Crippen LogP contribution in [0.2, 0.25) is 0 Å². The summed E-state index contributed by atoms with van der Waals surface area (Å²) in [6, 6.07) is 5.90. The highest BCUT2D eigenvalue weighted by Gasteiger charge is 2.37. The Balaban J connectivity index is 1.97. The van der Waals surface area contributed by atoms with Gasteiger partial charge in [-0.2, -0.15) is 0 Å². The maximum atomic E-state index is 12.6. The molecule has 1 aromatic rings. The van der Waals surface area contributed by atoms with E-state index in [0.29, 0.717) is 13.0 Å². The largest absolute Gasteiger partial charge is 0.391 e. The van der Waals surface area contributed by atoms with Gasteiger partial charge in [0.15, 0.2) is 0 Å². The molecule has 0 aromatic heterocycles. The van der Waals surface area contributed by atoms with Crippen molar-refractivity contribution in [3.05, 3.63) is 29.3 Å². The number of hydrogen-bond donors (Lipinski definition) is 2. The summed E-state index contributed by atoms with van der Waals surface area (Å²) in [6.45, 7) is 8.73. The highest BCUT2D eigenvalue weighted by molar-refractivity contribution is 6.09. The van der Waals surface area contributed by atoms with Crippen LogP contribution in [-0.2, 0) is 9.59 Å². The van der Waals surface area contributed by atoms with Gasteiger partial charge in [0.1, 0.15) is 5.92 Å². The number of aliphatic hydroxyl groups excluding tert-OH is 1. The zero-order chi connectivity index (χ0) is 17.9. The Morgan fingerprint density at radius 1 is 1.38 bits per heavy atom. The van der Waals surface area contributed by atoms with Crippen LogP contribution < -0.4 is 10.2 Å². The van der Waals surface area contributed by atoms with Gasteiger partial charge >= 0.3 is 0 Å². The van der Waals surface area contributed by atoms with Gasteiger partial charge in [0.25, 0.3) is 0 Å². The highest BCUT2D eigenvalue weighted by atomic mass is 16.3. The Morgan fingerprint density at radius 2 is 2.08 bits per heavy atom. The molecule has 0 saturated carbocycles. The van der Waals surface area contributed by atoms with Gasteiger partial charge in [0, 0.05) is 18.8 Å². The lowest BCUT2D eigenvalue weighted by atomic mass is 10.0. The fourth-order valence-electron chi connectivity index (χ4n) is 2.87. The quantitative estimate of drug-likeness (QED) is 0.785. The Bertz CT molecular complexity index is 615. The number of aryl methyl sites for hydroxylation is 2. The van der Waals surface area contributed by atoms with Gasteiger partial charge in [-0.3, -0.25) is 9.59 Å². The van der Waals surface area contributed by atoms with E-state index in [9.17, 15) is 14.7 Å². The summed E-state index contributed by atoms with van der Waals surface area (Å²) < 4.78 is 0. The topological polar surface area (TPSA) is 69.6 Å². The summed E-state index contributed by atoms with van der Waals surface area (Å²) in [5.41, 5.74) is 3.15. The molecule has 3 unspecified atom stereocenters. The van der Waals surface area contributed by atoms with Crippen LogP contribution in [0.25, 0.3) is 0 Å². The fourth-order valence-corrected chi connectivity index (χ4v) is 2.87. The fraction of sp³-hybridized carbons (Fsp3) is 0.579.